The lowest BCUT2D eigenvalue weighted by Gasteiger charge is -2.31. The maximum absolute atomic E-state index is 3.81. The lowest BCUT2D eigenvalue weighted by Crippen LogP contribution is -2.41. The van der Waals surface area contributed by atoms with Gasteiger partial charge in [0.15, 0.2) is 0 Å². The molecular formula is C15H30N2. The van der Waals surface area contributed by atoms with Gasteiger partial charge in [-0.1, -0.05) is 19.8 Å². The van der Waals surface area contributed by atoms with Crippen molar-refractivity contribution in [3.05, 3.63) is 0 Å². The SMILES string of the molecule is CCCC1CCC(NCC2CCCNC2)CC1. The Bertz CT molecular complexity index is 191. The van der Waals surface area contributed by atoms with Gasteiger partial charge >= 0.3 is 0 Å². The van der Waals surface area contributed by atoms with E-state index >= 15 is 0 Å². The van der Waals surface area contributed by atoms with Crippen LogP contribution in [0.25, 0.3) is 0 Å². The number of nitrogens with one attached hydrogen (secondary N) is 2. The van der Waals surface area contributed by atoms with Crippen molar-refractivity contribution in [3.8, 4) is 0 Å². The first-order chi connectivity index (χ1) is 8.38. The van der Waals surface area contributed by atoms with Gasteiger partial charge in [-0.25, -0.2) is 0 Å². The molecule has 1 saturated carbocycles. The van der Waals surface area contributed by atoms with E-state index in [2.05, 4.69) is 17.6 Å². The maximum atomic E-state index is 3.81. The topological polar surface area (TPSA) is 24.1 Å². The Kier molecular flexibility index (Phi) is 5.79. The second-order valence-electron chi connectivity index (χ2n) is 6.13. The summed E-state index contributed by atoms with van der Waals surface area (Å²) in [6, 6.07) is 0.824. The number of rotatable bonds is 5. The van der Waals surface area contributed by atoms with Gasteiger partial charge in [0.05, 0.1) is 0 Å². The van der Waals surface area contributed by atoms with Crippen LogP contribution in [0.1, 0.15) is 58.3 Å². The van der Waals surface area contributed by atoms with Gasteiger partial charge in [-0.05, 0) is 70.0 Å². The van der Waals surface area contributed by atoms with Crippen molar-refractivity contribution in [2.45, 2.75) is 64.3 Å². The first-order valence-corrected chi connectivity index (χ1v) is 7.82. The van der Waals surface area contributed by atoms with Crippen molar-refractivity contribution < 1.29 is 0 Å². The zero-order chi connectivity index (χ0) is 11.9. The largest absolute Gasteiger partial charge is 0.316 e. The van der Waals surface area contributed by atoms with Crippen LogP contribution >= 0.6 is 0 Å². The first-order valence-electron chi connectivity index (χ1n) is 7.82. The molecule has 1 unspecified atom stereocenters. The van der Waals surface area contributed by atoms with Crippen molar-refractivity contribution in [1.29, 1.82) is 0 Å². The predicted molar refractivity (Wildman–Crippen MR) is 74.3 cm³/mol. The standard InChI is InChI=1S/C15H30N2/c1-2-4-13-6-8-15(9-7-13)17-12-14-5-3-10-16-11-14/h13-17H,2-12H2,1H3. The Morgan fingerprint density at radius 2 is 1.88 bits per heavy atom. The number of hydrogen-bond acceptors (Lipinski definition) is 2. The summed E-state index contributed by atoms with van der Waals surface area (Å²) in [7, 11) is 0. The number of hydrogen-bond donors (Lipinski definition) is 2. The Hall–Kier alpha value is -0.0800. The summed E-state index contributed by atoms with van der Waals surface area (Å²) in [4.78, 5) is 0. The average Bonchev–Trinajstić information content (AvgIpc) is 2.40. The second-order valence-corrected chi connectivity index (χ2v) is 6.13. The molecule has 0 spiro atoms. The fourth-order valence-electron chi connectivity index (χ4n) is 3.50. The Balaban J connectivity index is 1.57. The molecule has 1 aliphatic carbocycles. The molecule has 2 fully saturated rings. The van der Waals surface area contributed by atoms with E-state index in [1.54, 1.807) is 0 Å². The van der Waals surface area contributed by atoms with Crippen molar-refractivity contribution in [3.63, 3.8) is 0 Å². The zero-order valence-electron chi connectivity index (χ0n) is 11.5. The van der Waals surface area contributed by atoms with Gasteiger partial charge < -0.3 is 10.6 Å². The molecule has 0 aromatic carbocycles. The number of piperidine rings is 1. The lowest BCUT2D eigenvalue weighted by molar-refractivity contribution is 0.260. The van der Waals surface area contributed by atoms with Gasteiger partial charge in [-0.15, -0.1) is 0 Å². The summed E-state index contributed by atoms with van der Waals surface area (Å²) in [5.41, 5.74) is 0. The monoisotopic (exact) mass is 238 g/mol. The molecule has 1 atom stereocenters. The molecule has 2 heteroatoms. The van der Waals surface area contributed by atoms with Crippen molar-refractivity contribution in [2.75, 3.05) is 19.6 Å². The molecule has 0 bridgehead atoms. The van der Waals surface area contributed by atoms with Crippen molar-refractivity contribution in [2.24, 2.45) is 11.8 Å². The summed E-state index contributed by atoms with van der Waals surface area (Å²) >= 11 is 0. The van der Waals surface area contributed by atoms with Crippen LogP contribution in [0, 0.1) is 11.8 Å². The van der Waals surface area contributed by atoms with Gasteiger partial charge in [-0.3, -0.25) is 0 Å². The van der Waals surface area contributed by atoms with Gasteiger partial charge in [0.2, 0.25) is 0 Å². The molecule has 0 amide bonds. The predicted octanol–water partition coefficient (Wildman–Crippen LogP) is 2.93. The fraction of sp³-hybridized carbons (Fsp3) is 1.00. The Morgan fingerprint density at radius 3 is 2.53 bits per heavy atom. The molecule has 17 heavy (non-hydrogen) atoms. The van der Waals surface area contributed by atoms with Gasteiger partial charge in [0, 0.05) is 6.04 Å². The Labute approximate surface area is 107 Å². The van der Waals surface area contributed by atoms with Crippen molar-refractivity contribution >= 4 is 0 Å². The smallest absolute Gasteiger partial charge is 0.00673 e. The highest BCUT2D eigenvalue weighted by molar-refractivity contribution is 4.79. The molecular weight excluding hydrogens is 208 g/mol. The molecule has 2 aliphatic rings. The summed E-state index contributed by atoms with van der Waals surface area (Å²) in [6.07, 6.45) is 11.4. The molecule has 0 radical (unpaired) electrons. The molecule has 1 aliphatic heterocycles. The Morgan fingerprint density at radius 1 is 1.06 bits per heavy atom. The van der Waals surface area contributed by atoms with E-state index < -0.39 is 0 Å². The third-order valence-corrected chi connectivity index (χ3v) is 4.64. The summed E-state index contributed by atoms with van der Waals surface area (Å²) in [6.45, 7) is 6.04. The molecule has 1 heterocycles. The molecule has 2 nitrogen and oxygen atoms in total. The minimum absolute atomic E-state index is 0.824. The van der Waals surface area contributed by atoms with Crippen LogP contribution in [0.4, 0.5) is 0 Å². The van der Waals surface area contributed by atoms with E-state index in [0.29, 0.717) is 0 Å². The lowest BCUT2D eigenvalue weighted by atomic mass is 9.83. The molecule has 0 aromatic rings. The first kappa shape index (κ1) is 13.4. The van der Waals surface area contributed by atoms with E-state index in [4.69, 9.17) is 0 Å². The van der Waals surface area contributed by atoms with Crippen LogP contribution in [0.5, 0.6) is 0 Å². The van der Waals surface area contributed by atoms with Gasteiger partial charge in [0.25, 0.3) is 0 Å². The van der Waals surface area contributed by atoms with E-state index in [1.807, 2.05) is 0 Å². The van der Waals surface area contributed by atoms with Crippen LogP contribution in [-0.4, -0.2) is 25.7 Å². The van der Waals surface area contributed by atoms with Gasteiger partial charge in [0.1, 0.15) is 0 Å². The minimum Gasteiger partial charge on any atom is -0.316 e. The molecule has 1 saturated heterocycles. The second kappa shape index (κ2) is 7.38. The van der Waals surface area contributed by atoms with Gasteiger partial charge in [-0.2, -0.15) is 0 Å². The van der Waals surface area contributed by atoms with E-state index in [-0.39, 0.29) is 0 Å². The maximum Gasteiger partial charge on any atom is 0.00673 e. The normalized spacial score (nSPS) is 34.8. The summed E-state index contributed by atoms with van der Waals surface area (Å²) < 4.78 is 0. The van der Waals surface area contributed by atoms with E-state index in [9.17, 15) is 0 Å². The summed E-state index contributed by atoms with van der Waals surface area (Å²) in [5, 5.41) is 7.32. The van der Waals surface area contributed by atoms with E-state index in [0.717, 1.165) is 17.9 Å². The molecule has 100 valence electrons. The van der Waals surface area contributed by atoms with Crippen LogP contribution in [0.2, 0.25) is 0 Å². The highest BCUT2D eigenvalue weighted by atomic mass is 14.9. The highest BCUT2D eigenvalue weighted by Crippen LogP contribution is 2.27. The quantitative estimate of drug-likeness (QED) is 0.769. The van der Waals surface area contributed by atoms with Crippen LogP contribution in [0.3, 0.4) is 0 Å². The highest BCUT2D eigenvalue weighted by Gasteiger charge is 2.21. The van der Waals surface area contributed by atoms with Crippen LogP contribution in [0.15, 0.2) is 0 Å². The molecule has 0 aromatic heterocycles. The van der Waals surface area contributed by atoms with Crippen molar-refractivity contribution in [1.82, 2.24) is 10.6 Å². The average molecular weight is 238 g/mol. The van der Waals surface area contributed by atoms with Crippen LogP contribution in [-0.2, 0) is 0 Å². The van der Waals surface area contributed by atoms with E-state index in [1.165, 1.54) is 71.0 Å². The summed E-state index contributed by atoms with van der Waals surface area (Å²) in [5.74, 6) is 1.92. The zero-order valence-corrected chi connectivity index (χ0v) is 11.5. The minimum atomic E-state index is 0.824. The molecule has 2 N–H and O–H groups in total. The third kappa shape index (κ3) is 4.59. The molecule has 2 rings (SSSR count). The fourth-order valence-corrected chi connectivity index (χ4v) is 3.50. The van der Waals surface area contributed by atoms with Crippen LogP contribution < -0.4 is 10.6 Å². The third-order valence-electron chi connectivity index (χ3n) is 4.64.